The number of allylic oxidation sites excluding steroid dienone is 1. The van der Waals surface area contributed by atoms with E-state index in [0.29, 0.717) is 18.8 Å². The van der Waals surface area contributed by atoms with Crippen LogP contribution in [-0.2, 0) is 13.0 Å². The Hall–Kier alpha value is -2.62. The molecule has 1 N–H and O–H groups in total. The van der Waals surface area contributed by atoms with Crippen LogP contribution in [0.3, 0.4) is 0 Å². The summed E-state index contributed by atoms with van der Waals surface area (Å²) in [5, 5.41) is 2.94. The van der Waals surface area contributed by atoms with Gasteiger partial charge in [0.2, 0.25) is 0 Å². The molecule has 132 valence electrons. The highest BCUT2D eigenvalue weighted by atomic mass is 16.5. The number of aryl methyl sites for hydroxylation is 1. The van der Waals surface area contributed by atoms with Crippen molar-refractivity contribution in [3.8, 4) is 5.75 Å². The summed E-state index contributed by atoms with van der Waals surface area (Å²) >= 11 is 0. The first-order chi connectivity index (χ1) is 12.1. The number of nitrogens with zero attached hydrogens (tertiary/aromatic N) is 1. The van der Waals surface area contributed by atoms with Gasteiger partial charge in [-0.15, -0.1) is 0 Å². The van der Waals surface area contributed by atoms with Gasteiger partial charge in [-0.05, 0) is 61.7 Å². The minimum absolute atomic E-state index is 0.160. The lowest BCUT2D eigenvalue weighted by molar-refractivity contribution is 0.0946. The summed E-state index contributed by atoms with van der Waals surface area (Å²) in [5.41, 5.74) is 3.99. The van der Waals surface area contributed by atoms with Crippen molar-refractivity contribution in [3.05, 3.63) is 71.1 Å². The molecule has 4 nitrogen and oxygen atoms in total. The molecule has 0 aliphatic rings. The Morgan fingerprint density at radius 2 is 2.04 bits per heavy atom. The fourth-order valence-electron chi connectivity index (χ4n) is 2.43. The van der Waals surface area contributed by atoms with Crippen molar-refractivity contribution in [2.24, 2.45) is 0 Å². The largest absolute Gasteiger partial charge is 0.490 e. The second-order valence-corrected chi connectivity index (χ2v) is 6.17. The Morgan fingerprint density at radius 3 is 2.72 bits per heavy atom. The number of hydrogen-bond acceptors (Lipinski definition) is 3. The third kappa shape index (κ3) is 6.07. The smallest absolute Gasteiger partial charge is 0.270 e. The topological polar surface area (TPSA) is 51.2 Å². The zero-order valence-corrected chi connectivity index (χ0v) is 15.2. The van der Waals surface area contributed by atoms with Crippen molar-refractivity contribution >= 4 is 5.91 Å². The van der Waals surface area contributed by atoms with E-state index in [2.05, 4.69) is 43.2 Å². The summed E-state index contributed by atoms with van der Waals surface area (Å²) in [6.07, 6.45) is 5.67. The summed E-state index contributed by atoms with van der Waals surface area (Å²) in [6, 6.07) is 11.4. The van der Waals surface area contributed by atoms with Crippen LogP contribution in [0.25, 0.3) is 0 Å². The first-order valence-electron chi connectivity index (χ1n) is 8.67. The molecule has 1 amide bonds. The molecule has 1 aromatic heterocycles. The van der Waals surface area contributed by atoms with Gasteiger partial charge in [-0.1, -0.05) is 31.1 Å². The third-order valence-electron chi connectivity index (χ3n) is 3.78. The molecule has 0 radical (unpaired) electrons. The average Bonchev–Trinajstić information content (AvgIpc) is 2.61. The molecule has 2 rings (SSSR count). The van der Waals surface area contributed by atoms with Gasteiger partial charge >= 0.3 is 0 Å². The minimum atomic E-state index is -0.160. The Balaban J connectivity index is 2.03. The van der Waals surface area contributed by atoms with Crippen molar-refractivity contribution < 1.29 is 9.53 Å². The number of aromatic nitrogens is 1. The maximum Gasteiger partial charge on any atom is 0.270 e. The molecule has 0 bridgehead atoms. The molecule has 2 aromatic rings. The number of pyridine rings is 1. The monoisotopic (exact) mass is 338 g/mol. The van der Waals surface area contributed by atoms with E-state index in [-0.39, 0.29) is 5.91 Å². The Morgan fingerprint density at radius 1 is 1.20 bits per heavy atom. The molecular formula is C21H26N2O2. The highest BCUT2D eigenvalue weighted by molar-refractivity contribution is 5.92. The van der Waals surface area contributed by atoms with E-state index < -0.39 is 0 Å². The number of benzene rings is 1. The van der Waals surface area contributed by atoms with E-state index in [4.69, 9.17) is 4.74 Å². The standard InChI is InChI=1S/C21H26N2O2/c1-4-7-17-14-19(25-13-11-16(2)3)10-9-18(17)15-23-21(24)20-8-5-6-12-22-20/h5-6,8-12,14H,4,7,13,15H2,1-3H3,(H,23,24). The van der Waals surface area contributed by atoms with Crippen molar-refractivity contribution in [2.75, 3.05) is 6.61 Å². The van der Waals surface area contributed by atoms with Gasteiger partial charge in [0.15, 0.2) is 0 Å². The van der Waals surface area contributed by atoms with Crippen LogP contribution < -0.4 is 10.1 Å². The molecule has 0 unspecified atom stereocenters. The van der Waals surface area contributed by atoms with Crippen LogP contribution in [0.4, 0.5) is 0 Å². The Bertz CT molecular complexity index is 720. The molecule has 0 aliphatic carbocycles. The van der Waals surface area contributed by atoms with E-state index in [1.54, 1.807) is 18.3 Å². The van der Waals surface area contributed by atoms with Gasteiger partial charge in [-0.2, -0.15) is 0 Å². The van der Waals surface area contributed by atoms with Gasteiger partial charge in [0, 0.05) is 12.7 Å². The highest BCUT2D eigenvalue weighted by Crippen LogP contribution is 2.20. The van der Waals surface area contributed by atoms with Gasteiger partial charge in [-0.25, -0.2) is 0 Å². The molecule has 0 saturated heterocycles. The molecule has 1 aromatic carbocycles. The lowest BCUT2D eigenvalue weighted by Gasteiger charge is -2.13. The number of carbonyl (C=O) groups excluding carboxylic acids is 1. The maximum absolute atomic E-state index is 12.2. The lowest BCUT2D eigenvalue weighted by atomic mass is 10.0. The average molecular weight is 338 g/mol. The predicted octanol–water partition coefficient (Wildman–Crippen LogP) is 4.31. The van der Waals surface area contributed by atoms with Crippen molar-refractivity contribution in [2.45, 2.75) is 40.2 Å². The van der Waals surface area contributed by atoms with E-state index in [0.717, 1.165) is 24.2 Å². The number of hydrogen-bond donors (Lipinski definition) is 1. The lowest BCUT2D eigenvalue weighted by Crippen LogP contribution is -2.24. The first kappa shape index (κ1) is 18.7. The molecule has 0 saturated carbocycles. The summed E-state index contributed by atoms with van der Waals surface area (Å²) in [6.45, 7) is 7.31. The molecule has 0 fully saturated rings. The second kappa shape index (κ2) is 9.62. The zero-order valence-electron chi connectivity index (χ0n) is 15.2. The molecule has 25 heavy (non-hydrogen) atoms. The Kier molecular flexibility index (Phi) is 7.20. The van der Waals surface area contributed by atoms with Gasteiger partial charge in [0.1, 0.15) is 18.1 Å². The van der Waals surface area contributed by atoms with E-state index >= 15 is 0 Å². The number of nitrogens with one attached hydrogen (secondary N) is 1. The summed E-state index contributed by atoms with van der Waals surface area (Å²) < 4.78 is 5.78. The van der Waals surface area contributed by atoms with Crippen molar-refractivity contribution in [1.82, 2.24) is 10.3 Å². The summed E-state index contributed by atoms with van der Waals surface area (Å²) in [5.74, 6) is 0.702. The highest BCUT2D eigenvalue weighted by Gasteiger charge is 2.09. The van der Waals surface area contributed by atoms with E-state index in [9.17, 15) is 4.79 Å². The van der Waals surface area contributed by atoms with Gasteiger partial charge in [0.05, 0.1) is 0 Å². The summed E-state index contributed by atoms with van der Waals surface area (Å²) in [7, 11) is 0. The van der Waals surface area contributed by atoms with Gasteiger partial charge < -0.3 is 10.1 Å². The molecular weight excluding hydrogens is 312 g/mol. The SMILES string of the molecule is CCCc1cc(OCC=C(C)C)ccc1CNC(=O)c1ccccn1. The number of carbonyl (C=O) groups is 1. The minimum Gasteiger partial charge on any atom is -0.490 e. The zero-order chi connectivity index (χ0) is 18.1. The van der Waals surface area contributed by atoms with Crippen LogP contribution in [0.1, 0.15) is 48.8 Å². The number of amides is 1. The fourth-order valence-corrected chi connectivity index (χ4v) is 2.43. The van der Waals surface area contributed by atoms with Gasteiger partial charge in [0.25, 0.3) is 5.91 Å². The quantitative estimate of drug-likeness (QED) is 0.730. The van der Waals surface area contributed by atoms with E-state index in [1.165, 1.54) is 11.1 Å². The summed E-state index contributed by atoms with van der Waals surface area (Å²) in [4.78, 5) is 16.2. The fraction of sp³-hybridized carbons (Fsp3) is 0.333. The Labute approximate surface area is 149 Å². The third-order valence-corrected chi connectivity index (χ3v) is 3.78. The van der Waals surface area contributed by atoms with Crippen molar-refractivity contribution in [1.29, 1.82) is 0 Å². The van der Waals surface area contributed by atoms with Gasteiger partial charge in [-0.3, -0.25) is 9.78 Å². The van der Waals surface area contributed by atoms with Crippen LogP contribution in [0.15, 0.2) is 54.2 Å². The molecule has 0 spiro atoms. The molecule has 0 aliphatic heterocycles. The number of ether oxygens (including phenoxy) is 1. The maximum atomic E-state index is 12.2. The van der Waals surface area contributed by atoms with E-state index in [1.807, 2.05) is 18.2 Å². The number of rotatable bonds is 8. The molecule has 0 atom stereocenters. The van der Waals surface area contributed by atoms with Crippen LogP contribution in [0.2, 0.25) is 0 Å². The van der Waals surface area contributed by atoms with Crippen LogP contribution in [0, 0.1) is 0 Å². The molecule has 1 heterocycles. The normalized spacial score (nSPS) is 10.2. The van der Waals surface area contributed by atoms with Crippen LogP contribution >= 0.6 is 0 Å². The van der Waals surface area contributed by atoms with Crippen LogP contribution in [-0.4, -0.2) is 17.5 Å². The molecule has 4 heteroatoms. The van der Waals surface area contributed by atoms with Crippen molar-refractivity contribution in [3.63, 3.8) is 0 Å². The predicted molar refractivity (Wildman–Crippen MR) is 101 cm³/mol. The first-order valence-corrected chi connectivity index (χ1v) is 8.67. The second-order valence-electron chi connectivity index (χ2n) is 6.17. The van der Waals surface area contributed by atoms with Crippen LogP contribution in [0.5, 0.6) is 5.75 Å².